The van der Waals surface area contributed by atoms with E-state index in [2.05, 4.69) is 22.4 Å². The van der Waals surface area contributed by atoms with Crippen molar-refractivity contribution in [2.75, 3.05) is 6.54 Å². The van der Waals surface area contributed by atoms with Gasteiger partial charge in [0.2, 0.25) is 5.88 Å². The maximum atomic E-state index is 5.91. The predicted octanol–water partition coefficient (Wildman–Crippen LogP) is 3.73. The van der Waals surface area contributed by atoms with Crippen molar-refractivity contribution in [2.45, 2.75) is 26.8 Å². The topological polar surface area (TPSA) is 47.0 Å². The molecule has 0 aliphatic heterocycles. The molecule has 4 nitrogen and oxygen atoms in total. The Morgan fingerprint density at radius 3 is 2.70 bits per heavy atom. The molecule has 0 bridgehead atoms. The number of aromatic nitrogens is 2. The number of ether oxygens (including phenoxy) is 1. The largest absolute Gasteiger partial charge is 0.437 e. The van der Waals surface area contributed by atoms with E-state index in [-0.39, 0.29) is 0 Å². The summed E-state index contributed by atoms with van der Waals surface area (Å²) in [5.74, 6) is 1.22. The minimum atomic E-state index is 0.481. The summed E-state index contributed by atoms with van der Waals surface area (Å²) >= 11 is 5.91. The molecule has 106 valence electrons. The number of hydrogen-bond acceptors (Lipinski definition) is 4. The van der Waals surface area contributed by atoms with E-state index in [4.69, 9.17) is 16.3 Å². The third kappa shape index (κ3) is 4.18. The molecule has 1 N–H and O–H groups in total. The molecule has 20 heavy (non-hydrogen) atoms. The van der Waals surface area contributed by atoms with Crippen LogP contribution in [-0.4, -0.2) is 16.7 Å². The normalized spacial score (nSPS) is 10.6. The molecule has 0 fully saturated rings. The molecule has 0 saturated heterocycles. The van der Waals surface area contributed by atoms with Crippen molar-refractivity contribution in [3.63, 3.8) is 0 Å². The zero-order valence-corrected chi connectivity index (χ0v) is 12.4. The molecule has 0 saturated carbocycles. The highest BCUT2D eigenvalue weighted by atomic mass is 35.5. The maximum Gasteiger partial charge on any atom is 0.238 e. The van der Waals surface area contributed by atoms with Crippen LogP contribution in [0.3, 0.4) is 0 Å². The summed E-state index contributed by atoms with van der Waals surface area (Å²) < 4.78 is 5.69. The van der Waals surface area contributed by atoms with Crippen LogP contribution < -0.4 is 10.1 Å². The Morgan fingerprint density at radius 1 is 1.20 bits per heavy atom. The van der Waals surface area contributed by atoms with Gasteiger partial charge in [0.15, 0.2) is 0 Å². The van der Waals surface area contributed by atoms with Crippen LogP contribution in [0, 0.1) is 6.92 Å². The third-order valence-electron chi connectivity index (χ3n) is 2.78. The first-order chi connectivity index (χ1) is 9.69. The summed E-state index contributed by atoms with van der Waals surface area (Å²) in [5.41, 5.74) is 1.87. The number of hydrogen-bond donors (Lipinski definition) is 1. The van der Waals surface area contributed by atoms with Gasteiger partial charge in [-0.2, -0.15) is 5.10 Å². The summed E-state index contributed by atoms with van der Waals surface area (Å²) in [7, 11) is 0. The van der Waals surface area contributed by atoms with Gasteiger partial charge in [-0.25, -0.2) is 0 Å². The second kappa shape index (κ2) is 7.22. The van der Waals surface area contributed by atoms with Gasteiger partial charge in [-0.1, -0.05) is 18.5 Å². The summed E-state index contributed by atoms with van der Waals surface area (Å²) in [6, 6.07) is 9.21. The first-order valence-corrected chi connectivity index (χ1v) is 7.04. The lowest BCUT2D eigenvalue weighted by atomic mass is 10.2. The fourth-order valence-electron chi connectivity index (χ4n) is 1.73. The Morgan fingerprint density at radius 2 is 2.05 bits per heavy atom. The standard InChI is InChI=1S/C15H18ClN3O/c1-3-8-17-10-13-5-7-15(19-18-13)20-14-6-4-12(16)9-11(14)2/h4-7,9,17H,3,8,10H2,1-2H3. The van der Waals surface area contributed by atoms with Crippen molar-refractivity contribution in [3.8, 4) is 11.6 Å². The second-order valence-electron chi connectivity index (χ2n) is 4.55. The minimum Gasteiger partial charge on any atom is -0.437 e. The smallest absolute Gasteiger partial charge is 0.238 e. The van der Waals surface area contributed by atoms with Gasteiger partial charge in [0, 0.05) is 17.6 Å². The van der Waals surface area contributed by atoms with Gasteiger partial charge in [-0.3, -0.25) is 0 Å². The maximum absolute atomic E-state index is 5.91. The van der Waals surface area contributed by atoms with Crippen LogP contribution in [0.25, 0.3) is 0 Å². The first-order valence-electron chi connectivity index (χ1n) is 6.66. The molecule has 1 aromatic carbocycles. The SMILES string of the molecule is CCCNCc1ccc(Oc2ccc(Cl)cc2C)nn1. The molecule has 0 unspecified atom stereocenters. The van der Waals surface area contributed by atoms with Crippen molar-refractivity contribution >= 4 is 11.6 Å². The quantitative estimate of drug-likeness (QED) is 0.824. The molecule has 2 rings (SSSR count). The fourth-order valence-corrected chi connectivity index (χ4v) is 1.96. The molecule has 1 aromatic heterocycles. The fraction of sp³-hybridized carbons (Fsp3) is 0.333. The Kier molecular flexibility index (Phi) is 5.32. The Balaban J connectivity index is 1.99. The van der Waals surface area contributed by atoms with Gasteiger partial charge in [0.05, 0.1) is 5.69 Å². The van der Waals surface area contributed by atoms with Gasteiger partial charge in [-0.05, 0) is 49.7 Å². The Bertz CT molecular complexity index is 558. The van der Waals surface area contributed by atoms with Gasteiger partial charge in [0.25, 0.3) is 0 Å². The molecule has 0 aliphatic rings. The second-order valence-corrected chi connectivity index (χ2v) is 4.99. The highest BCUT2D eigenvalue weighted by molar-refractivity contribution is 6.30. The van der Waals surface area contributed by atoms with Crippen LogP contribution in [0.2, 0.25) is 5.02 Å². The number of nitrogens with one attached hydrogen (secondary N) is 1. The number of benzene rings is 1. The predicted molar refractivity (Wildman–Crippen MR) is 80.3 cm³/mol. The van der Waals surface area contributed by atoms with E-state index in [0.717, 1.165) is 36.5 Å². The Hall–Kier alpha value is -1.65. The van der Waals surface area contributed by atoms with Crippen molar-refractivity contribution < 1.29 is 4.74 Å². The van der Waals surface area contributed by atoms with Gasteiger partial charge < -0.3 is 10.1 Å². The molecule has 0 aliphatic carbocycles. The van der Waals surface area contributed by atoms with Crippen LogP contribution in [-0.2, 0) is 6.54 Å². The molecule has 0 amide bonds. The molecule has 0 spiro atoms. The van der Waals surface area contributed by atoms with Gasteiger partial charge >= 0.3 is 0 Å². The molecule has 0 atom stereocenters. The molecule has 2 aromatic rings. The van der Waals surface area contributed by atoms with Crippen molar-refractivity contribution in [2.24, 2.45) is 0 Å². The van der Waals surface area contributed by atoms with Crippen LogP contribution in [0.1, 0.15) is 24.6 Å². The molecular formula is C15H18ClN3O. The van der Waals surface area contributed by atoms with Crippen molar-refractivity contribution in [1.29, 1.82) is 0 Å². The summed E-state index contributed by atoms with van der Waals surface area (Å²) in [6.07, 6.45) is 1.10. The van der Waals surface area contributed by atoms with Crippen LogP contribution >= 0.6 is 11.6 Å². The summed E-state index contributed by atoms with van der Waals surface area (Å²) in [5, 5.41) is 12.2. The lowest BCUT2D eigenvalue weighted by molar-refractivity contribution is 0.450. The lowest BCUT2D eigenvalue weighted by Crippen LogP contribution is -2.15. The molecule has 1 heterocycles. The van der Waals surface area contributed by atoms with Crippen LogP contribution in [0.15, 0.2) is 30.3 Å². The lowest BCUT2D eigenvalue weighted by Gasteiger charge is -2.08. The number of halogens is 1. The zero-order chi connectivity index (χ0) is 14.4. The van der Waals surface area contributed by atoms with Crippen molar-refractivity contribution in [3.05, 3.63) is 46.6 Å². The Labute approximate surface area is 124 Å². The highest BCUT2D eigenvalue weighted by Gasteiger charge is 2.04. The number of aryl methyl sites for hydroxylation is 1. The average Bonchev–Trinajstić information content (AvgIpc) is 2.44. The van der Waals surface area contributed by atoms with Crippen LogP contribution in [0.5, 0.6) is 11.6 Å². The monoisotopic (exact) mass is 291 g/mol. The zero-order valence-electron chi connectivity index (χ0n) is 11.7. The highest BCUT2D eigenvalue weighted by Crippen LogP contribution is 2.25. The van der Waals surface area contributed by atoms with Crippen molar-refractivity contribution in [1.82, 2.24) is 15.5 Å². The molecular weight excluding hydrogens is 274 g/mol. The third-order valence-corrected chi connectivity index (χ3v) is 3.01. The first kappa shape index (κ1) is 14.8. The van der Waals surface area contributed by atoms with Gasteiger partial charge in [-0.15, -0.1) is 5.10 Å². The minimum absolute atomic E-state index is 0.481. The van der Waals surface area contributed by atoms with Gasteiger partial charge in [0.1, 0.15) is 5.75 Å². The van der Waals surface area contributed by atoms with E-state index in [9.17, 15) is 0 Å². The number of rotatable bonds is 6. The van der Waals surface area contributed by atoms with E-state index in [1.165, 1.54) is 0 Å². The number of nitrogens with zero attached hydrogens (tertiary/aromatic N) is 2. The molecule has 5 heteroatoms. The summed E-state index contributed by atoms with van der Waals surface area (Å²) in [4.78, 5) is 0. The van der Waals surface area contributed by atoms with Crippen LogP contribution in [0.4, 0.5) is 0 Å². The van der Waals surface area contributed by atoms with E-state index < -0.39 is 0 Å². The summed E-state index contributed by atoms with van der Waals surface area (Å²) in [6.45, 7) is 5.77. The van der Waals surface area contributed by atoms with E-state index in [1.54, 1.807) is 6.07 Å². The molecule has 0 radical (unpaired) electrons. The van der Waals surface area contributed by atoms with E-state index >= 15 is 0 Å². The average molecular weight is 292 g/mol. The van der Waals surface area contributed by atoms with E-state index in [0.29, 0.717) is 10.9 Å². The van der Waals surface area contributed by atoms with E-state index in [1.807, 2.05) is 31.2 Å².